The van der Waals surface area contributed by atoms with Gasteiger partial charge in [0.1, 0.15) is 5.82 Å². The van der Waals surface area contributed by atoms with Crippen molar-refractivity contribution in [3.05, 3.63) is 69.5 Å². The predicted molar refractivity (Wildman–Crippen MR) is 99.9 cm³/mol. The summed E-state index contributed by atoms with van der Waals surface area (Å²) in [6, 6.07) is 10.2. The van der Waals surface area contributed by atoms with Crippen LogP contribution in [0, 0.1) is 15.9 Å². The highest BCUT2D eigenvalue weighted by Gasteiger charge is 2.14. The Hall–Kier alpha value is -2.76. The molecule has 0 unspecified atom stereocenters. The molecule has 2 aromatic carbocycles. The molecule has 26 heavy (non-hydrogen) atoms. The molecule has 0 saturated heterocycles. The Balaban J connectivity index is 1.96. The van der Waals surface area contributed by atoms with Crippen LogP contribution in [0.1, 0.15) is 54.9 Å². The highest BCUT2D eigenvalue weighted by Crippen LogP contribution is 2.22. The molecule has 0 aromatic heterocycles. The first-order valence-electron chi connectivity index (χ1n) is 8.85. The third-order valence-electron chi connectivity index (χ3n) is 4.19. The van der Waals surface area contributed by atoms with Crippen LogP contribution in [-0.2, 0) is 6.42 Å². The molecule has 0 heterocycles. The first kappa shape index (κ1) is 19.6. The Labute approximate surface area is 152 Å². The topological polar surface area (TPSA) is 72.2 Å². The predicted octanol–water partition coefficient (Wildman–Crippen LogP) is 5.50. The van der Waals surface area contributed by atoms with E-state index in [1.165, 1.54) is 25.7 Å². The van der Waals surface area contributed by atoms with Crippen LogP contribution in [0.4, 0.5) is 15.8 Å². The zero-order valence-electron chi connectivity index (χ0n) is 14.8. The van der Waals surface area contributed by atoms with Crippen molar-refractivity contribution in [1.82, 2.24) is 0 Å². The van der Waals surface area contributed by atoms with Gasteiger partial charge in [-0.15, -0.1) is 0 Å². The van der Waals surface area contributed by atoms with E-state index in [-0.39, 0.29) is 11.4 Å². The van der Waals surface area contributed by atoms with E-state index >= 15 is 0 Å². The maximum absolute atomic E-state index is 13.8. The van der Waals surface area contributed by atoms with E-state index in [4.69, 9.17) is 0 Å². The van der Waals surface area contributed by atoms with Crippen molar-refractivity contribution in [3.8, 4) is 0 Å². The molecule has 1 N–H and O–H groups in total. The molecule has 0 fully saturated rings. The average molecular weight is 358 g/mol. The number of rotatable bonds is 9. The number of hydrogen-bond acceptors (Lipinski definition) is 3. The molecule has 0 aliphatic carbocycles. The van der Waals surface area contributed by atoms with E-state index in [2.05, 4.69) is 12.2 Å². The van der Waals surface area contributed by atoms with Gasteiger partial charge in [-0.25, -0.2) is 4.39 Å². The molecule has 0 atom stereocenters. The van der Waals surface area contributed by atoms with E-state index < -0.39 is 16.6 Å². The number of anilines is 1. The summed E-state index contributed by atoms with van der Waals surface area (Å²) in [6.45, 7) is 2.18. The lowest BCUT2D eigenvalue weighted by atomic mass is 10.0. The third kappa shape index (κ3) is 5.65. The Kier molecular flexibility index (Phi) is 7.26. The largest absolute Gasteiger partial charge is 0.319 e. The third-order valence-corrected chi connectivity index (χ3v) is 4.19. The van der Waals surface area contributed by atoms with Crippen molar-refractivity contribution < 1.29 is 14.1 Å². The number of aryl methyl sites for hydroxylation is 1. The molecular formula is C20H23FN2O3. The zero-order chi connectivity index (χ0) is 18.9. The first-order chi connectivity index (χ1) is 12.5. The second-order valence-corrected chi connectivity index (χ2v) is 6.24. The van der Waals surface area contributed by atoms with E-state index in [1.807, 2.05) is 12.1 Å². The summed E-state index contributed by atoms with van der Waals surface area (Å²) in [5.74, 6) is -1.22. The van der Waals surface area contributed by atoms with Crippen LogP contribution in [0.3, 0.4) is 0 Å². The molecule has 1 amide bonds. The highest BCUT2D eigenvalue weighted by atomic mass is 19.1. The van der Waals surface area contributed by atoms with Crippen molar-refractivity contribution >= 4 is 17.3 Å². The molecule has 138 valence electrons. The van der Waals surface area contributed by atoms with Gasteiger partial charge in [-0.1, -0.05) is 44.7 Å². The Morgan fingerprint density at radius 3 is 2.42 bits per heavy atom. The summed E-state index contributed by atoms with van der Waals surface area (Å²) in [5.41, 5.74) is 1.05. The van der Waals surface area contributed by atoms with Crippen molar-refractivity contribution in [2.45, 2.75) is 45.4 Å². The average Bonchev–Trinajstić information content (AvgIpc) is 2.63. The smallest absolute Gasteiger partial charge is 0.271 e. The number of carbonyl (C=O) groups excluding carboxylic acids is 1. The zero-order valence-corrected chi connectivity index (χ0v) is 14.8. The minimum Gasteiger partial charge on any atom is -0.319 e. The number of halogens is 1. The number of benzene rings is 2. The van der Waals surface area contributed by atoms with E-state index in [0.717, 1.165) is 36.6 Å². The summed E-state index contributed by atoms with van der Waals surface area (Å²) >= 11 is 0. The van der Waals surface area contributed by atoms with Crippen LogP contribution in [0.25, 0.3) is 0 Å². The Morgan fingerprint density at radius 1 is 1.08 bits per heavy atom. The fourth-order valence-corrected chi connectivity index (χ4v) is 2.67. The second-order valence-electron chi connectivity index (χ2n) is 6.24. The summed E-state index contributed by atoms with van der Waals surface area (Å²) in [4.78, 5) is 22.4. The molecule has 0 spiro atoms. The van der Waals surface area contributed by atoms with Gasteiger partial charge in [0.25, 0.3) is 11.6 Å². The fourth-order valence-electron chi connectivity index (χ4n) is 2.67. The molecule has 5 nitrogen and oxygen atoms in total. The monoisotopic (exact) mass is 358 g/mol. The van der Waals surface area contributed by atoms with Crippen molar-refractivity contribution in [1.29, 1.82) is 0 Å². The molecule has 0 aliphatic heterocycles. The number of amides is 1. The maximum Gasteiger partial charge on any atom is 0.271 e. The Morgan fingerprint density at radius 2 is 1.77 bits per heavy atom. The van der Waals surface area contributed by atoms with Crippen LogP contribution in [0.2, 0.25) is 0 Å². The van der Waals surface area contributed by atoms with Crippen molar-refractivity contribution in [2.75, 3.05) is 5.32 Å². The van der Waals surface area contributed by atoms with Crippen LogP contribution in [-0.4, -0.2) is 10.8 Å². The van der Waals surface area contributed by atoms with Gasteiger partial charge in [0, 0.05) is 17.7 Å². The maximum atomic E-state index is 13.8. The molecule has 0 saturated carbocycles. The highest BCUT2D eigenvalue weighted by molar-refractivity contribution is 6.04. The summed E-state index contributed by atoms with van der Waals surface area (Å²) in [7, 11) is 0. The van der Waals surface area contributed by atoms with E-state index in [0.29, 0.717) is 5.56 Å². The van der Waals surface area contributed by atoms with Gasteiger partial charge in [0.05, 0.1) is 10.6 Å². The quantitative estimate of drug-likeness (QED) is 0.365. The molecule has 2 rings (SSSR count). The number of nitrogens with zero attached hydrogens (tertiary/aromatic N) is 1. The normalized spacial score (nSPS) is 10.5. The van der Waals surface area contributed by atoms with E-state index in [1.54, 1.807) is 12.1 Å². The molecule has 0 bridgehead atoms. The number of carbonyl (C=O) groups is 1. The lowest BCUT2D eigenvalue weighted by Crippen LogP contribution is -2.13. The van der Waals surface area contributed by atoms with Crippen LogP contribution in [0.15, 0.2) is 42.5 Å². The number of nitrogens with one attached hydrogen (secondary N) is 1. The SMILES string of the molecule is CCCCCCCc1ccc(C(=O)Nc2cc([N+](=O)[O-])ccc2F)cc1. The minimum absolute atomic E-state index is 0.204. The lowest BCUT2D eigenvalue weighted by Gasteiger charge is -2.07. The van der Waals surface area contributed by atoms with Gasteiger partial charge in [0.2, 0.25) is 0 Å². The van der Waals surface area contributed by atoms with Gasteiger partial charge in [-0.2, -0.15) is 0 Å². The van der Waals surface area contributed by atoms with Crippen molar-refractivity contribution in [3.63, 3.8) is 0 Å². The van der Waals surface area contributed by atoms with Gasteiger partial charge < -0.3 is 5.32 Å². The first-order valence-corrected chi connectivity index (χ1v) is 8.85. The number of nitro groups is 1. The summed E-state index contributed by atoms with van der Waals surface area (Å²) in [6.07, 6.45) is 6.99. The molecule has 2 aromatic rings. The van der Waals surface area contributed by atoms with Gasteiger partial charge in [-0.3, -0.25) is 14.9 Å². The summed E-state index contributed by atoms with van der Waals surface area (Å²) in [5, 5.41) is 13.2. The molecular weight excluding hydrogens is 335 g/mol. The van der Waals surface area contributed by atoms with Gasteiger partial charge in [-0.05, 0) is 36.6 Å². The number of non-ortho nitro benzene ring substituents is 1. The van der Waals surface area contributed by atoms with Crippen LogP contribution < -0.4 is 5.32 Å². The van der Waals surface area contributed by atoms with Crippen LogP contribution in [0.5, 0.6) is 0 Å². The van der Waals surface area contributed by atoms with Crippen molar-refractivity contribution in [2.24, 2.45) is 0 Å². The summed E-state index contributed by atoms with van der Waals surface area (Å²) < 4.78 is 13.8. The van der Waals surface area contributed by atoms with Gasteiger partial charge in [0.15, 0.2) is 0 Å². The molecule has 0 radical (unpaired) electrons. The second kappa shape index (κ2) is 9.65. The van der Waals surface area contributed by atoms with Crippen LogP contribution >= 0.6 is 0 Å². The number of unbranched alkanes of at least 4 members (excludes halogenated alkanes) is 4. The minimum atomic E-state index is -0.715. The lowest BCUT2D eigenvalue weighted by molar-refractivity contribution is -0.384. The number of nitro benzene ring substituents is 1. The Bertz CT molecular complexity index is 760. The molecule has 6 heteroatoms. The molecule has 0 aliphatic rings. The number of hydrogen-bond donors (Lipinski definition) is 1. The fraction of sp³-hybridized carbons (Fsp3) is 0.350. The van der Waals surface area contributed by atoms with Gasteiger partial charge >= 0.3 is 0 Å². The standard InChI is InChI=1S/C20H23FN2O3/c1-2-3-4-5-6-7-15-8-10-16(11-9-15)20(24)22-19-14-17(23(25)26)12-13-18(19)21/h8-14H,2-7H2,1H3,(H,22,24). The van der Waals surface area contributed by atoms with E-state index in [9.17, 15) is 19.3 Å².